The zero-order valence-electron chi connectivity index (χ0n) is 8.61. The second kappa shape index (κ2) is 5.20. The summed E-state index contributed by atoms with van der Waals surface area (Å²) in [5, 5.41) is 3.10. The molecule has 0 unspecified atom stereocenters. The van der Waals surface area contributed by atoms with Gasteiger partial charge in [0.15, 0.2) is 0 Å². The summed E-state index contributed by atoms with van der Waals surface area (Å²) >= 11 is 0. The highest BCUT2D eigenvalue weighted by molar-refractivity contribution is 5.73. The van der Waals surface area contributed by atoms with Crippen LogP contribution >= 0.6 is 0 Å². The van der Waals surface area contributed by atoms with Gasteiger partial charge in [0.1, 0.15) is 0 Å². The number of H-pyrrole nitrogens is 1. The molecular formula is C12H15N3. The third kappa shape index (κ3) is 2.84. The average Bonchev–Trinajstić information content (AvgIpc) is 2.80. The molecule has 0 aromatic carbocycles. The smallest absolute Gasteiger partial charge is 0.0878 e. The highest BCUT2D eigenvalue weighted by Crippen LogP contribution is 2.05. The average molecular weight is 201 g/mol. The maximum Gasteiger partial charge on any atom is 0.0878 e. The fourth-order valence-corrected chi connectivity index (χ4v) is 1.45. The zero-order chi connectivity index (χ0) is 10.3. The van der Waals surface area contributed by atoms with Crippen molar-refractivity contribution < 1.29 is 0 Å². The lowest BCUT2D eigenvalue weighted by Crippen LogP contribution is -2.09. The Morgan fingerprint density at radius 1 is 1.27 bits per heavy atom. The first-order chi connectivity index (χ1) is 7.47. The van der Waals surface area contributed by atoms with Crippen molar-refractivity contribution in [1.29, 1.82) is 0 Å². The van der Waals surface area contributed by atoms with E-state index in [9.17, 15) is 0 Å². The number of nitrogens with one attached hydrogen (secondary N) is 2. The van der Waals surface area contributed by atoms with Crippen molar-refractivity contribution in [1.82, 2.24) is 15.3 Å². The number of aromatic amines is 1. The third-order valence-electron chi connectivity index (χ3n) is 2.25. The summed E-state index contributed by atoms with van der Waals surface area (Å²) in [5.74, 6) is 0. The van der Waals surface area contributed by atoms with E-state index in [1.54, 1.807) is 6.20 Å². The highest BCUT2D eigenvalue weighted by atomic mass is 14.8. The number of hydrogen-bond acceptors (Lipinski definition) is 2. The van der Waals surface area contributed by atoms with Gasteiger partial charge >= 0.3 is 0 Å². The topological polar surface area (TPSA) is 40.7 Å². The predicted octanol–water partition coefficient (Wildman–Crippen LogP) is 2.45. The van der Waals surface area contributed by atoms with E-state index >= 15 is 0 Å². The van der Waals surface area contributed by atoms with E-state index < -0.39 is 0 Å². The number of allylic oxidation sites excluding steroid dienone is 1. The molecule has 2 N–H and O–H groups in total. The van der Waals surface area contributed by atoms with Gasteiger partial charge in [-0.25, -0.2) is 0 Å². The van der Waals surface area contributed by atoms with Gasteiger partial charge < -0.3 is 10.3 Å². The van der Waals surface area contributed by atoms with Crippen LogP contribution in [-0.4, -0.2) is 16.5 Å². The summed E-state index contributed by atoms with van der Waals surface area (Å²) < 4.78 is 0. The number of rotatable bonds is 0. The van der Waals surface area contributed by atoms with Crippen LogP contribution in [0.1, 0.15) is 12.8 Å². The molecule has 3 heterocycles. The molecule has 0 fully saturated rings. The molecule has 0 atom stereocenters. The van der Waals surface area contributed by atoms with Crippen molar-refractivity contribution in [3.63, 3.8) is 0 Å². The summed E-state index contributed by atoms with van der Waals surface area (Å²) in [6.45, 7) is 1.16. The van der Waals surface area contributed by atoms with E-state index in [-0.39, 0.29) is 0 Å². The molecule has 2 aromatic heterocycles. The maximum atomic E-state index is 4.11. The number of aromatic nitrogens is 2. The highest BCUT2D eigenvalue weighted by Gasteiger charge is 1.88. The fraction of sp³-hybridized carbons (Fsp3) is 0.250. The Balaban J connectivity index is 0.000000124. The Kier molecular flexibility index (Phi) is 3.38. The van der Waals surface area contributed by atoms with Crippen molar-refractivity contribution in [2.75, 3.05) is 6.54 Å². The van der Waals surface area contributed by atoms with Crippen LogP contribution < -0.4 is 5.32 Å². The molecule has 0 saturated carbocycles. The Bertz CT molecular complexity index is 393. The van der Waals surface area contributed by atoms with Crippen LogP contribution in [0.4, 0.5) is 0 Å². The Hall–Kier alpha value is -1.77. The van der Waals surface area contributed by atoms with Gasteiger partial charge in [-0.2, -0.15) is 0 Å². The van der Waals surface area contributed by atoms with E-state index in [1.165, 1.54) is 12.8 Å². The van der Waals surface area contributed by atoms with E-state index in [1.807, 2.05) is 30.6 Å². The summed E-state index contributed by atoms with van der Waals surface area (Å²) in [4.78, 5) is 7.17. The van der Waals surface area contributed by atoms with Crippen molar-refractivity contribution >= 4 is 11.0 Å². The molecule has 3 rings (SSSR count). The van der Waals surface area contributed by atoms with Crippen molar-refractivity contribution in [3.8, 4) is 0 Å². The zero-order valence-corrected chi connectivity index (χ0v) is 8.61. The largest absolute Gasteiger partial charge is 0.391 e. The van der Waals surface area contributed by atoms with Gasteiger partial charge in [0, 0.05) is 18.9 Å². The van der Waals surface area contributed by atoms with Gasteiger partial charge in [-0.15, -0.1) is 0 Å². The minimum absolute atomic E-state index is 1.03. The molecule has 1 aliphatic heterocycles. The van der Waals surface area contributed by atoms with Gasteiger partial charge in [-0.3, -0.25) is 4.98 Å². The third-order valence-corrected chi connectivity index (χ3v) is 2.25. The molecular weight excluding hydrogens is 186 g/mol. The molecule has 0 radical (unpaired) electrons. The first kappa shape index (κ1) is 9.77. The molecule has 0 saturated heterocycles. The molecule has 0 spiro atoms. The number of fused-ring (bicyclic) bond motifs is 1. The Morgan fingerprint density at radius 3 is 2.87 bits per heavy atom. The van der Waals surface area contributed by atoms with E-state index in [0.717, 1.165) is 17.6 Å². The summed E-state index contributed by atoms with van der Waals surface area (Å²) in [6.07, 6.45) is 10.4. The van der Waals surface area contributed by atoms with Crippen LogP contribution in [0.25, 0.3) is 11.0 Å². The molecule has 3 heteroatoms. The van der Waals surface area contributed by atoms with Crippen molar-refractivity contribution in [2.45, 2.75) is 12.8 Å². The normalized spacial score (nSPS) is 14.1. The van der Waals surface area contributed by atoms with Crippen molar-refractivity contribution in [3.05, 3.63) is 42.9 Å². The second-order valence-electron chi connectivity index (χ2n) is 3.41. The summed E-state index contributed by atoms with van der Waals surface area (Å²) in [7, 11) is 0. The lowest BCUT2D eigenvalue weighted by Gasteiger charge is -2.02. The second-order valence-corrected chi connectivity index (χ2v) is 3.41. The number of nitrogens with zero attached hydrogens (tertiary/aromatic N) is 1. The van der Waals surface area contributed by atoms with Gasteiger partial charge in [0.05, 0.1) is 11.0 Å². The van der Waals surface area contributed by atoms with E-state index in [2.05, 4.69) is 21.4 Å². The summed E-state index contributed by atoms with van der Waals surface area (Å²) in [6, 6.07) is 5.87. The lowest BCUT2D eigenvalue weighted by atomic mass is 10.2. The summed E-state index contributed by atoms with van der Waals surface area (Å²) in [5.41, 5.74) is 2.12. The molecule has 2 aromatic rings. The van der Waals surface area contributed by atoms with Crippen molar-refractivity contribution in [2.24, 2.45) is 0 Å². The maximum absolute atomic E-state index is 4.11. The Labute approximate surface area is 89.2 Å². The van der Waals surface area contributed by atoms with E-state index in [4.69, 9.17) is 0 Å². The van der Waals surface area contributed by atoms with Gasteiger partial charge in [-0.05, 0) is 37.2 Å². The van der Waals surface area contributed by atoms with Gasteiger partial charge in [0.2, 0.25) is 0 Å². The van der Waals surface area contributed by atoms with Crippen LogP contribution in [-0.2, 0) is 0 Å². The molecule has 78 valence electrons. The molecule has 15 heavy (non-hydrogen) atoms. The minimum Gasteiger partial charge on any atom is -0.391 e. The Morgan fingerprint density at radius 2 is 2.27 bits per heavy atom. The first-order valence-electron chi connectivity index (χ1n) is 5.23. The SMILES string of the molecule is C1=CNCCC1.c1cnc2cc[nH]c2c1. The van der Waals surface area contributed by atoms with Gasteiger partial charge in [0.25, 0.3) is 0 Å². The molecule has 0 amide bonds. The van der Waals surface area contributed by atoms with Crippen LogP contribution in [0.15, 0.2) is 42.9 Å². The van der Waals surface area contributed by atoms with Crippen LogP contribution in [0, 0.1) is 0 Å². The molecule has 0 aliphatic carbocycles. The van der Waals surface area contributed by atoms with Crippen LogP contribution in [0.5, 0.6) is 0 Å². The quantitative estimate of drug-likeness (QED) is 0.687. The van der Waals surface area contributed by atoms with Crippen LogP contribution in [0.3, 0.4) is 0 Å². The molecule has 0 bridgehead atoms. The minimum atomic E-state index is 1.03. The fourth-order valence-electron chi connectivity index (χ4n) is 1.45. The predicted molar refractivity (Wildman–Crippen MR) is 62.5 cm³/mol. The van der Waals surface area contributed by atoms with E-state index in [0.29, 0.717) is 0 Å². The molecule has 1 aliphatic rings. The first-order valence-corrected chi connectivity index (χ1v) is 5.23. The number of hydrogen-bond donors (Lipinski definition) is 2. The lowest BCUT2D eigenvalue weighted by molar-refractivity contribution is 0.728. The number of pyridine rings is 1. The molecule has 3 nitrogen and oxygen atoms in total. The standard InChI is InChI=1S/C7H6N2.C5H9N/c1-2-6-7(8-4-1)3-5-9-6;1-2-4-6-5-3-1/h1-5,9H;2,4,6H,1,3,5H2. The van der Waals surface area contributed by atoms with Crippen LogP contribution in [0.2, 0.25) is 0 Å². The van der Waals surface area contributed by atoms with Gasteiger partial charge in [-0.1, -0.05) is 6.08 Å². The monoisotopic (exact) mass is 201 g/mol.